The molecule has 0 radical (unpaired) electrons. The van der Waals surface area contributed by atoms with Gasteiger partial charge >= 0.3 is 0 Å². The molecular formula is C15H23NO2S. The summed E-state index contributed by atoms with van der Waals surface area (Å²) in [6.45, 7) is 2.24. The number of hydrogen-bond acceptors (Lipinski definition) is 3. The lowest BCUT2D eigenvalue weighted by Gasteiger charge is -2.27. The number of anilines is 1. The van der Waals surface area contributed by atoms with Gasteiger partial charge in [0.25, 0.3) is 0 Å². The topological polar surface area (TPSA) is 52.3 Å². The number of ether oxygens (including phenoxy) is 1. The van der Waals surface area contributed by atoms with Crippen molar-refractivity contribution in [2.75, 3.05) is 12.8 Å². The van der Waals surface area contributed by atoms with E-state index in [0.717, 1.165) is 29.4 Å². The summed E-state index contributed by atoms with van der Waals surface area (Å²) >= 11 is 0. The van der Waals surface area contributed by atoms with Crippen LogP contribution in [0.3, 0.4) is 0 Å². The smallest absolute Gasteiger partial charge is 0.120 e. The Morgan fingerprint density at radius 2 is 2.00 bits per heavy atom. The highest BCUT2D eigenvalue weighted by Gasteiger charge is 2.26. The first kappa shape index (κ1) is 14.4. The zero-order chi connectivity index (χ0) is 13.8. The molecule has 19 heavy (non-hydrogen) atoms. The number of rotatable bonds is 4. The van der Waals surface area contributed by atoms with Crippen molar-refractivity contribution in [2.45, 2.75) is 49.2 Å². The molecule has 1 aromatic rings. The van der Waals surface area contributed by atoms with E-state index in [1.807, 2.05) is 12.1 Å². The molecule has 0 aliphatic heterocycles. The maximum atomic E-state index is 12.7. The van der Waals surface area contributed by atoms with Gasteiger partial charge in [-0.2, -0.15) is 0 Å². The Hall–Kier alpha value is -1.03. The maximum absolute atomic E-state index is 12.7. The predicted molar refractivity (Wildman–Crippen MR) is 79.9 cm³/mol. The standard InChI is InChI=1S/C15H23NO2S/c1-3-11-4-7-13(8-5-11)19(17)15-10-12(18-2)6-9-14(15)16/h6,9-11,13H,3-5,7-8,16H2,1-2H3. The van der Waals surface area contributed by atoms with Crippen LogP contribution in [-0.4, -0.2) is 16.6 Å². The SMILES string of the molecule is CCC1CCC(S(=O)c2cc(OC)ccc2N)CC1. The van der Waals surface area contributed by atoms with E-state index in [4.69, 9.17) is 10.5 Å². The van der Waals surface area contributed by atoms with Crippen LogP contribution in [0.2, 0.25) is 0 Å². The van der Waals surface area contributed by atoms with E-state index in [2.05, 4.69) is 6.92 Å². The summed E-state index contributed by atoms with van der Waals surface area (Å²) in [5, 5.41) is 0.247. The van der Waals surface area contributed by atoms with Crippen LogP contribution < -0.4 is 10.5 Å². The van der Waals surface area contributed by atoms with E-state index in [0.29, 0.717) is 5.69 Å². The van der Waals surface area contributed by atoms with Crippen LogP contribution in [-0.2, 0) is 10.8 Å². The highest BCUT2D eigenvalue weighted by molar-refractivity contribution is 7.85. The molecular weight excluding hydrogens is 258 g/mol. The predicted octanol–water partition coefficient (Wildman–Crippen LogP) is 3.35. The molecule has 0 amide bonds. The largest absolute Gasteiger partial charge is 0.497 e. The van der Waals surface area contributed by atoms with E-state index in [-0.39, 0.29) is 5.25 Å². The van der Waals surface area contributed by atoms with Crippen LogP contribution in [0, 0.1) is 5.92 Å². The third-order valence-electron chi connectivity index (χ3n) is 4.11. The Kier molecular flexibility index (Phi) is 4.86. The second kappa shape index (κ2) is 6.42. The monoisotopic (exact) mass is 281 g/mol. The molecule has 2 N–H and O–H groups in total. The zero-order valence-electron chi connectivity index (χ0n) is 11.7. The van der Waals surface area contributed by atoms with Crippen LogP contribution in [0.4, 0.5) is 5.69 Å². The van der Waals surface area contributed by atoms with Crippen molar-refractivity contribution in [1.82, 2.24) is 0 Å². The summed E-state index contributed by atoms with van der Waals surface area (Å²) in [7, 11) is 0.601. The van der Waals surface area contributed by atoms with E-state index in [1.54, 1.807) is 13.2 Å². The molecule has 1 saturated carbocycles. The van der Waals surface area contributed by atoms with Gasteiger partial charge in [0.1, 0.15) is 5.75 Å². The zero-order valence-corrected chi connectivity index (χ0v) is 12.5. The normalized spacial score (nSPS) is 24.9. The summed E-state index contributed by atoms with van der Waals surface area (Å²) in [5.74, 6) is 1.54. The maximum Gasteiger partial charge on any atom is 0.120 e. The summed E-state index contributed by atoms with van der Waals surface area (Å²) in [6.07, 6.45) is 5.71. The summed E-state index contributed by atoms with van der Waals surface area (Å²) in [6, 6.07) is 5.41. The molecule has 0 bridgehead atoms. The van der Waals surface area contributed by atoms with E-state index < -0.39 is 10.8 Å². The first-order valence-electron chi connectivity index (χ1n) is 6.99. The molecule has 3 nitrogen and oxygen atoms in total. The van der Waals surface area contributed by atoms with Gasteiger partial charge in [-0.3, -0.25) is 4.21 Å². The van der Waals surface area contributed by atoms with Gasteiger partial charge in [-0.15, -0.1) is 0 Å². The second-order valence-electron chi connectivity index (χ2n) is 5.25. The molecule has 4 heteroatoms. The number of methoxy groups -OCH3 is 1. The van der Waals surface area contributed by atoms with Crippen LogP contribution in [0.15, 0.2) is 23.1 Å². The van der Waals surface area contributed by atoms with Gasteiger partial charge in [0.15, 0.2) is 0 Å². The average molecular weight is 281 g/mol. The van der Waals surface area contributed by atoms with Crippen LogP contribution in [0.5, 0.6) is 5.75 Å². The van der Waals surface area contributed by atoms with Gasteiger partial charge in [-0.25, -0.2) is 0 Å². The van der Waals surface area contributed by atoms with Crippen molar-refractivity contribution >= 4 is 16.5 Å². The van der Waals surface area contributed by atoms with Crippen LogP contribution in [0.25, 0.3) is 0 Å². The van der Waals surface area contributed by atoms with Gasteiger partial charge < -0.3 is 10.5 Å². The van der Waals surface area contributed by atoms with Crippen molar-refractivity contribution in [3.63, 3.8) is 0 Å². The lowest BCUT2D eigenvalue weighted by molar-refractivity contribution is 0.353. The summed E-state index contributed by atoms with van der Waals surface area (Å²) in [5.41, 5.74) is 6.56. The Morgan fingerprint density at radius 3 is 2.58 bits per heavy atom. The Morgan fingerprint density at radius 1 is 1.32 bits per heavy atom. The molecule has 0 aromatic heterocycles. The molecule has 1 unspecified atom stereocenters. The number of benzene rings is 1. The van der Waals surface area contributed by atoms with E-state index >= 15 is 0 Å². The minimum absolute atomic E-state index is 0.247. The minimum atomic E-state index is -1.02. The summed E-state index contributed by atoms with van der Waals surface area (Å²) in [4.78, 5) is 0.735. The fourth-order valence-electron chi connectivity index (χ4n) is 2.75. The van der Waals surface area contributed by atoms with Gasteiger partial charge in [0.2, 0.25) is 0 Å². The fourth-order valence-corrected chi connectivity index (χ4v) is 4.34. The van der Waals surface area contributed by atoms with E-state index in [1.165, 1.54) is 19.3 Å². The highest BCUT2D eigenvalue weighted by atomic mass is 32.2. The van der Waals surface area contributed by atoms with Gasteiger partial charge in [-0.1, -0.05) is 13.3 Å². The van der Waals surface area contributed by atoms with Gasteiger partial charge in [0, 0.05) is 10.9 Å². The molecule has 2 rings (SSSR count). The van der Waals surface area contributed by atoms with Crippen molar-refractivity contribution in [2.24, 2.45) is 5.92 Å². The first-order chi connectivity index (χ1) is 9.15. The minimum Gasteiger partial charge on any atom is -0.497 e. The molecule has 1 atom stereocenters. The lowest BCUT2D eigenvalue weighted by Crippen LogP contribution is -2.23. The fraction of sp³-hybridized carbons (Fsp3) is 0.600. The highest BCUT2D eigenvalue weighted by Crippen LogP contribution is 2.33. The summed E-state index contributed by atoms with van der Waals surface area (Å²) < 4.78 is 17.9. The number of nitrogen functional groups attached to an aromatic ring is 1. The number of hydrogen-bond donors (Lipinski definition) is 1. The molecule has 1 aliphatic rings. The van der Waals surface area contributed by atoms with Gasteiger partial charge in [-0.05, 0) is 49.8 Å². The average Bonchev–Trinajstić information content (AvgIpc) is 2.47. The van der Waals surface area contributed by atoms with Crippen LogP contribution in [0.1, 0.15) is 39.0 Å². The molecule has 106 valence electrons. The van der Waals surface area contributed by atoms with Crippen molar-refractivity contribution < 1.29 is 8.95 Å². The second-order valence-corrected chi connectivity index (χ2v) is 6.95. The Labute approximate surface area is 118 Å². The van der Waals surface area contributed by atoms with Crippen molar-refractivity contribution in [3.05, 3.63) is 18.2 Å². The number of nitrogens with two attached hydrogens (primary N) is 1. The van der Waals surface area contributed by atoms with E-state index in [9.17, 15) is 4.21 Å². The van der Waals surface area contributed by atoms with Gasteiger partial charge in [0.05, 0.1) is 22.8 Å². The molecule has 1 aromatic carbocycles. The first-order valence-corrected chi connectivity index (χ1v) is 8.21. The molecule has 0 heterocycles. The Bertz CT molecular complexity index is 453. The van der Waals surface area contributed by atoms with Crippen LogP contribution >= 0.6 is 0 Å². The molecule has 1 aliphatic carbocycles. The molecule has 0 spiro atoms. The quantitative estimate of drug-likeness (QED) is 0.861. The van der Waals surface area contributed by atoms with Crippen molar-refractivity contribution in [1.29, 1.82) is 0 Å². The van der Waals surface area contributed by atoms with Crippen molar-refractivity contribution in [3.8, 4) is 5.75 Å². The lowest BCUT2D eigenvalue weighted by atomic mass is 9.87. The third-order valence-corrected chi connectivity index (χ3v) is 5.98. The molecule has 1 fully saturated rings. The Balaban J connectivity index is 2.11. The third kappa shape index (κ3) is 3.30. The molecule has 0 saturated heterocycles.